The molecule has 1 aromatic heterocycles. The van der Waals surface area contributed by atoms with Crippen molar-refractivity contribution in [1.82, 2.24) is 19.4 Å². The second kappa shape index (κ2) is 16.0. The largest absolute Gasteiger partial charge is 0.457 e. The van der Waals surface area contributed by atoms with Crippen LogP contribution in [0.25, 0.3) is 0 Å². The molecule has 0 aliphatic heterocycles. The van der Waals surface area contributed by atoms with E-state index >= 15 is 0 Å². The first kappa shape index (κ1) is 33.3. The van der Waals surface area contributed by atoms with Crippen LogP contribution < -0.4 is 10.3 Å². The Bertz CT molecular complexity index is 1670. The van der Waals surface area contributed by atoms with Gasteiger partial charge < -0.3 is 19.1 Å². The van der Waals surface area contributed by atoms with E-state index in [1.165, 1.54) is 23.9 Å². The number of benzene rings is 3. The number of amides is 1. The first-order valence-corrected chi connectivity index (χ1v) is 16.8. The molecule has 1 amide bonds. The third-order valence-electron chi connectivity index (χ3n) is 8.29. The maximum Gasteiger partial charge on any atom is 0.277 e. The molecule has 5 rings (SSSR count). The third kappa shape index (κ3) is 8.61. The van der Waals surface area contributed by atoms with Crippen molar-refractivity contribution in [2.24, 2.45) is 0 Å². The fourth-order valence-electron chi connectivity index (χ4n) is 5.63. The van der Waals surface area contributed by atoms with Gasteiger partial charge in [0.25, 0.3) is 5.56 Å². The highest BCUT2D eigenvalue weighted by Gasteiger charge is 2.25. The minimum absolute atomic E-state index is 0.0662. The van der Waals surface area contributed by atoms with Gasteiger partial charge in [0.15, 0.2) is 5.16 Å². The summed E-state index contributed by atoms with van der Waals surface area (Å²) in [6.07, 6.45) is 2.23. The van der Waals surface area contributed by atoms with Crippen molar-refractivity contribution in [3.8, 4) is 11.5 Å². The van der Waals surface area contributed by atoms with Crippen LogP contribution in [0.5, 0.6) is 11.5 Å². The highest BCUT2D eigenvalue weighted by molar-refractivity contribution is 7.98. The van der Waals surface area contributed by atoms with Crippen LogP contribution in [0.2, 0.25) is 0 Å². The van der Waals surface area contributed by atoms with Crippen LogP contribution in [0.1, 0.15) is 48.2 Å². The number of carbonyl (C=O) groups excluding carboxylic acids is 1. The SMILES string of the molecule is CCN(CC)CCN(Cc1cccc(Oc2ccc(CF)cc2)c1)C(=O)Cn1c(SCc2ccc(F)cc2)nc(=O)c2c1CCC2. The van der Waals surface area contributed by atoms with Crippen molar-refractivity contribution in [3.63, 3.8) is 0 Å². The Balaban J connectivity index is 1.38. The maximum atomic E-state index is 14.2. The van der Waals surface area contributed by atoms with Crippen LogP contribution in [0, 0.1) is 5.82 Å². The fourth-order valence-corrected chi connectivity index (χ4v) is 6.59. The molecular formula is C36H40F2N4O3S. The first-order chi connectivity index (χ1) is 22.4. The van der Waals surface area contributed by atoms with Crippen molar-refractivity contribution in [2.75, 3.05) is 26.2 Å². The predicted octanol–water partition coefficient (Wildman–Crippen LogP) is 6.80. The van der Waals surface area contributed by atoms with E-state index in [4.69, 9.17) is 4.74 Å². The van der Waals surface area contributed by atoms with Gasteiger partial charge >= 0.3 is 0 Å². The first-order valence-electron chi connectivity index (χ1n) is 15.8. The fraction of sp³-hybridized carbons (Fsp3) is 0.361. The highest BCUT2D eigenvalue weighted by atomic mass is 32.2. The van der Waals surface area contributed by atoms with Crippen molar-refractivity contribution in [3.05, 3.63) is 117 Å². The molecule has 0 radical (unpaired) electrons. The van der Waals surface area contributed by atoms with Crippen LogP contribution in [-0.4, -0.2) is 51.4 Å². The number of halogens is 2. The number of thioether (sulfide) groups is 1. The highest BCUT2D eigenvalue weighted by Crippen LogP contribution is 2.27. The van der Waals surface area contributed by atoms with Gasteiger partial charge in [-0.05, 0) is 85.4 Å². The Morgan fingerprint density at radius 1 is 0.935 bits per heavy atom. The zero-order valence-corrected chi connectivity index (χ0v) is 27.2. The summed E-state index contributed by atoms with van der Waals surface area (Å²) in [4.78, 5) is 35.6. The van der Waals surface area contributed by atoms with Gasteiger partial charge in [0.1, 0.15) is 30.5 Å². The standard InChI is InChI=1S/C36H40F2N4O3S/c1-3-40(4-2)19-20-41(23-28-7-5-8-31(21-28)45-30-17-13-26(22-37)14-18-30)34(43)24-42-33-10-6-9-32(33)35(44)39-36(42)46-25-27-11-15-29(38)16-12-27/h5,7-8,11-18,21H,3-4,6,9-10,19-20,22-25H2,1-2H3. The second-order valence-corrected chi connectivity index (χ2v) is 12.3. The number of hydrogen-bond acceptors (Lipinski definition) is 6. The summed E-state index contributed by atoms with van der Waals surface area (Å²) in [5.74, 6) is 1.36. The van der Waals surface area contributed by atoms with E-state index in [9.17, 15) is 18.4 Å². The number of carbonyl (C=O) groups is 1. The van der Waals surface area contributed by atoms with Crippen molar-refractivity contribution >= 4 is 17.7 Å². The van der Waals surface area contributed by atoms with Gasteiger partial charge in [0.2, 0.25) is 5.91 Å². The maximum absolute atomic E-state index is 14.2. The molecule has 7 nitrogen and oxygen atoms in total. The summed E-state index contributed by atoms with van der Waals surface area (Å²) >= 11 is 1.39. The summed E-state index contributed by atoms with van der Waals surface area (Å²) in [5, 5.41) is 0.501. The Morgan fingerprint density at radius 3 is 2.39 bits per heavy atom. The summed E-state index contributed by atoms with van der Waals surface area (Å²) < 4.78 is 34.4. The van der Waals surface area contributed by atoms with Crippen LogP contribution in [0.4, 0.5) is 8.78 Å². The number of likely N-dealkylation sites (N-methyl/N-ethyl adjacent to an activating group) is 1. The number of aromatic nitrogens is 2. The molecule has 0 saturated carbocycles. The minimum Gasteiger partial charge on any atom is -0.457 e. The summed E-state index contributed by atoms with van der Waals surface area (Å²) in [6.45, 7) is 7.15. The Hall–Kier alpha value is -4.02. The molecule has 4 aromatic rings. The van der Waals surface area contributed by atoms with E-state index in [2.05, 4.69) is 23.7 Å². The van der Waals surface area contributed by atoms with Gasteiger partial charge in [-0.2, -0.15) is 4.98 Å². The lowest BCUT2D eigenvalue weighted by Gasteiger charge is -2.28. The van der Waals surface area contributed by atoms with Crippen molar-refractivity contribution < 1.29 is 18.3 Å². The molecular weight excluding hydrogens is 606 g/mol. The van der Waals surface area contributed by atoms with Gasteiger partial charge in [0.05, 0.1) is 0 Å². The number of ether oxygens (including phenoxy) is 1. The van der Waals surface area contributed by atoms with Gasteiger partial charge in [-0.1, -0.05) is 62.0 Å². The summed E-state index contributed by atoms with van der Waals surface area (Å²) in [7, 11) is 0. The molecule has 10 heteroatoms. The molecule has 1 aliphatic carbocycles. The zero-order valence-electron chi connectivity index (χ0n) is 26.4. The van der Waals surface area contributed by atoms with E-state index < -0.39 is 6.67 Å². The number of hydrogen-bond donors (Lipinski definition) is 0. The zero-order chi connectivity index (χ0) is 32.5. The molecule has 242 valence electrons. The number of rotatable bonds is 15. The van der Waals surface area contributed by atoms with E-state index in [1.54, 1.807) is 36.4 Å². The minimum atomic E-state index is -0.528. The van der Waals surface area contributed by atoms with E-state index in [-0.39, 0.29) is 23.8 Å². The van der Waals surface area contributed by atoms with Crippen LogP contribution in [-0.2, 0) is 43.2 Å². The van der Waals surface area contributed by atoms with Crippen LogP contribution >= 0.6 is 11.8 Å². The summed E-state index contributed by atoms with van der Waals surface area (Å²) in [5.41, 5.74) is 3.75. The molecule has 0 N–H and O–H groups in total. The molecule has 0 spiro atoms. The monoisotopic (exact) mass is 646 g/mol. The number of nitrogens with zero attached hydrogens (tertiary/aromatic N) is 4. The van der Waals surface area contributed by atoms with Crippen LogP contribution in [0.3, 0.4) is 0 Å². The average Bonchev–Trinajstić information content (AvgIpc) is 3.57. The lowest BCUT2D eigenvalue weighted by molar-refractivity contribution is -0.132. The van der Waals surface area contributed by atoms with Crippen molar-refractivity contribution in [1.29, 1.82) is 0 Å². The number of alkyl halides is 1. The molecule has 1 aliphatic rings. The normalized spacial score (nSPS) is 12.4. The molecule has 0 unspecified atom stereocenters. The predicted molar refractivity (Wildman–Crippen MR) is 177 cm³/mol. The van der Waals surface area contributed by atoms with Gasteiger partial charge in [-0.25, -0.2) is 8.78 Å². The van der Waals surface area contributed by atoms with Gasteiger partial charge in [0, 0.05) is 36.6 Å². The number of fused-ring (bicyclic) bond motifs is 1. The van der Waals surface area contributed by atoms with Crippen molar-refractivity contribution in [2.45, 2.75) is 63.8 Å². The molecule has 0 bridgehead atoms. The average molecular weight is 647 g/mol. The Labute approximate surface area is 273 Å². The Morgan fingerprint density at radius 2 is 1.67 bits per heavy atom. The summed E-state index contributed by atoms with van der Waals surface area (Å²) in [6, 6.07) is 20.8. The van der Waals surface area contributed by atoms with Gasteiger partial charge in [-0.15, -0.1) is 0 Å². The molecule has 46 heavy (non-hydrogen) atoms. The topological polar surface area (TPSA) is 67.7 Å². The third-order valence-corrected chi connectivity index (χ3v) is 9.34. The molecule has 0 fully saturated rings. The molecule has 3 aromatic carbocycles. The second-order valence-electron chi connectivity index (χ2n) is 11.3. The Kier molecular flexibility index (Phi) is 11.6. The van der Waals surface area contributed by atoms with E-state index in [0.717, 1.165) is 49.3 Å². The quantitative estimate of drug-likeness (QED) is 0.105. The van der Waals surface area contributed by atoms with Crippen LogP contribution in [0.15, 0.2) is 82.7 Å². The molecule has 0 atom stereocenters. The van der Waals surface area contributed by atoms with E-state index in [0.29, 0.717) is 53.0 Å². The van der Waals surface area contributed by atoms with Gasteiger partial charge in [-0.3, -0.25) is 9.59 Å². The smallest absolute Gasteiger partial charge is 0.277 e. The van der Waals surface area contributed by atoms with E-state index in [1.807, 2.05) is 33.7 Å². The molecule has 0 saturated heterocycles. The lowest BCUT2D eigenvalue weighted by atomic mass is 10.2. The lowest BCUT2D eigenvalue weighted by Crippen LogP contribution is -2.40. The molecule has 1 heterocycles.